The van der Waals surface area contributed by atoms with Crippen molar-refractivity contribution in [3.8, 4) is 6.07 Å². The summed E-state index contributed by atoms with van der Waals surface area (Å²) in [6.45, 7) is -1.44. The molecule has 0 amide bonds. The van der Waals surface area contributed by atoms with Gasteiger partial charge in [0, 0.05) is 6.54 Å². The van der Waals surface area contributed by atoms with Crippen LogP contribution >= 0.6 is 0 Å². The lowest BCUT2D eigenvalue weighted by Gasteiger charge is -2.25. The Bertz CT molecular complexity index is 496. The smallest absolute Gasteiger partial charge is 0.395 e. The number of halogens is 5. The topological polar surface area (TPSA) is 47.3 Å². The average molecular weight is 294 g/mol. The molecule has 0 aliphatic carbocycles. The predicted molar refractivity (Wildman–Crippen MR) is 61.5 cm³/mol. The van der Waals surface area contributed by atoms with E-state index in [-0.39, 0.29) is 17.8 Å². The summed E-state index contributed by atoms with van der Waals surface area (Å²) in [6.07, 6.45) is -7.36. The fourth-order valence-corrected chi connectivity index (χ4v) is 1.68. The van der Waals surface area contributed by atoms with Crippen LogP contribution in [0.2, 0.25) is 0 Å². The van der Waals surface area contributed by atoms with Crippen LogP contribution in [0.5, 0.6) is 0 Å². The van der Waals surface area contributed by atoms with Crippen molar-refractivity contribution in [3.63, 3.8) is 0 Å². The van der Waals surface area contributed by atoms with Crippen molar-refractivity contribution in [2.75, 3.05) is 24.6 Å². The fraction of sp³-hybridized carbons (Fsp3) is 0.417. The summed E-state index contributed by atoms with van der Waals surface area (Å²) in [7, 11) is 0. The van der Waals surface area contributed by atoms with Crippen LogP contribution in [0.15, 0.2) is 18.2 Å². The van der Waals surface area contributed by atoms with Crippen LogP contribution in [0.3, 0.4) is 0 Å². The monoisotopic (exact) mass is 294 g/mol. The number of anilines is 1. The van der Waals surface area contributed by atoms with Gasteiger partial charge in [0.2, 0.25) is 0 Å². The largest absolute Gasteiger partial charge is 0.416 e. The molecular formula is C12H11F5N2O. The minimum atomic E-state index is -4.62. The van der Waals surface area contributed by atoms with Crippen LogP contribution in [-0.4, -0.2) is 31.2 Å². The zero-order chi connectivity index (χ0) is 15.3. The first-order valence-electron chi connectivity index (χ1n) is 5.55. The molecule has 0 atom stereocenters. The van der Waals surface area contributed by atoms with E-state index in [1.807, 2.05) is 0 Å². The zero-order valence-corrected chi connectivity index (χ0v) is 10.2. The SMILES string of the molecule is N#Cc1cc(C(F)(F)F)ccc1N(CCO)CC(F)F. The third-order valence-corrected chi connectivity index (χ3v) is 2.51. The Kier molecular flexibility index (Phi) is 5.27. The minimum Gasteiger partial charge on any atom is -0.395 e. The standard InChI is InChI=1S/C12H11F5N2O/c13-11(14)7-19(3-4-20)10-2-1-9(12(15,16)17)5-8(10)6-18/h1-2,5,11,20H,3-4,7H2. The quantitative estimate of drug-likeness (QED) is 0.849. The molecule has 0 radical (unpaired) electrons. The van der Waals surface area contributed by atoms with Crippen molar-refractivity contribution < 1.29 is 27.1 Å². The van der Waals surface area contributed by atoms with Gasteiger partial charge in [-0.25, -0.2) is 8.78 Å². The number of nitriles is 1. The molecule has 3 nitrogen and oxygen atoms in total. The molecule has 0 fully saturated rings. The van der Waals surface area contributed by atoms with Gasteiger partial charge in [-0.15, -0.1) is 0 Å². The molecule has 8 heteroatoms. The van der Waals surface area contributed by atoms with Gasteiger partial charge >= 0.3 is 6.18 Å². The molecule has 1 N–H and O–H groups in total. The van der Waals surface area contributed by atoms with E-state index < -0.39 is 31.3 Å². The lowest BCUT2D eigenvalue weighted by molar-refractivity contribution is -0.137. The number of rotatable bonds is 5. The van der Waals surface area contributed by atoms with Crippen LogP contribution < -0.4 is 4.90 Å². The Labute approximate surface area is 111 Å². The van der Waals surface area contributed by atoms with Gasteiger partial charge in [0.05, 0.1) is 30.0 Å². The van der Waals surface area contributed by atoms with Crippen LogP contribution in [0.4, 0.5) is 27.6 Å². The van der Waals surface area contributed by atoms with E-state index in [0.717, 1.165) is 11.0 Å². The second kappa shape index (κ2) is 6.52. The Morgan fingerprint density at radius 2 is 1.95 bits per heavy atom. The second-order valence-electron chi connectivity index (χ2n) is 3.90. The van der Waals surface area contributed by atoms with Crippen molar-refractivity contribution in [2.45, 2.75) is 12.6 Å². The fourth-order valence-electron chi connectivity index (χ4n) is 1.68. The predicted octanol–water partition coefficient (Wildman–Crippen LogP) is 2.64. The molecular weight excluding hydrogens is 283 g/mol. The van der Waals surface area contributed by atoms with Gasteiger partial charge in [0.1, 0.15) is 6.07 Å². The molecule has 1 rings (SSSR count). The molecule has 0 aromatic heterocycles. The zero-order valence-electron chi connectivity index (χ0n) is 10.2. The first-order valence-corrected chi connectivity index (χ1v) is 5.55. The summed E-state index contributed by atoms with van der Waals surface area (Å²) in [5.41, 5.74) is -1.46. The maximum atomic E-state index is 12.5. The van der Waals surface area contributed by atoms with Gasteiger partial charge in [-0.1, -0.05) is 0 Å². The molecule has 0 aliphatic rings. The van der Waals surface area contributed by atoms with Crippen LogP contribution in [0.25, 0.3) is 0 Å². The minimum absolute atomic E-state index is 0.0603. The van der Waals surface area contributed by atoms with Gasteiger partial charge in [-0.2, -0.15) is 18.4 Å². The first-order chi connectivity index (χ1) is 9.29. The summed E-state index contributed by atoms with van der Waals surface area (Å²) in [6, 6.07) is 3.83. The highest BCUT2D eigenvalue weighted by atomic mass is 19.4. The third kappa shape index (κ3) is 4.06. The van der Waals surface area contributed by atoms with Gasteiger partial charge in [0.25, 0.3) is 6.43 Å². The number of aliphatic hydroxyl groups is 1. The lowest BCUT2D eigenvalue weighted by atomic mass is 10.1. The highest BCUT2D eigenvalue weighted by Crippen LogP contribution is 2.32. The summed E-state index contributed by atoms with van der Waals surface area (Å²) in [5.74, 6) is 0. The Balaban J connectivity index is 3.19. The van der Waals surface area contributed by atoms with Crippen LogP contribution in [0.1, 0.15) is 11.1 Å². The Morgan fingerprint density at radius 1 is 1.30 bits per heavy atom. The molecule has 0 bridgehead atoms. The molecule has 0 heterocycles. The van der Waals surface area contributed by atoms with E-state index >= 15 is 0 Å². The maximum absolute atomic E-state index is 12.5. The maximum Gasteiger partial charge on any atom is 0.416 e. The third-order valence-electron chi connectivity index (χ3n) is 2.51. The van der Waals surface area contributed by atoms with Crippen molar-refractivity contribution in [3.05, 3.63) is 29.3 Å². The number of hydrogen-bond donors (Lipinski definition) is 1. The van der Waals surface area contributed by atoms with E-state index in [4.69, 9.17) is 10.4 Å². The van der Waals surface area contributed by atoms with E-state index in [9.17, 15) is 22.0 Å². The Morgan fingerprint density at radius 3 is 2.40 bits per heavy atom. The van der Waals surface area contributed by atoms with E-state index in [0.29, 0.717) is 12.1 Å². The van der Waals surface area contributed by atoms with Crippen molar-refractivity contribution in [2.24, 2.45) is 0 Å². The number of nitrogens with zero attached hydrogens (tertiary/aromatic N) is 2. The summed E-state index contributed by atoms with van der Waals surface area (Å²) in [5, 5.41) is 17.7. The van der Waals surface area contributed by atoms with Crippen LogP contribution in [0, 0.1) is 11.3 Å². The molecule has 1 aromatic carbocycles. The van der Waals surface area contributed by atoms with Gasteiger partial charge < -0.3 is 10.0 Å². The number of benzene rings is 1. The second-order valence-corrected chi connectivity index (χ2v) is 3.90. The lowest BCUT2D eigenvalue weighted by Crippen LogP contribution is -2.32. The van der Waals surface area contributed by atoms with E-state index in [1.54, 1.807) is 6.07 Å². The molecule has 0 saturated heterocycles. The first kappa shape index (κ1) is 16.2. The van der Waals surface area contributed by atoms with Gasteiger partial charge in [0.15, 0.2) is 0 Å². The number of aliphatic hydroxyl groups excluding tert-OH is 1. The summed E-state index contributed by atoms with van der Waals surface area (Å²) < 4.78 is 62.4. The molecule has 1 aromatic rings. The van der Waals surface area contributed by atoms with E-state index in [1.165, 1.54) is 0 Å². The molecule has 0 aliphatic heterocycles. The molecule has 20 heavy (non-hydrogen) atoms. The van der Waals surface area contributed by atoms with Crippen LogP contribution in [-0.2, 0) is 6.18 Å². The normalized spacial score (nSPS) is 11.5. The molecule has 0 spiro atoms. The highest BCUT2D eigenvalue weighted by molar-refractivity contribution is 5.60. The summed E-state index contributed by atoms with van der Waals surface area (Å²) in [4.78, 5) is 0.976. The van der Waals surface area contributed by atoms with Crippen molar-refractivity contribution >= 4 is 5.69 Å². The average Bonchev–Trinajstić information content (AvgIpc) is 2.36. The Hall–Kier alpha value is -1.88. The highest BCUT2D eigenvalue weighted by Gasteiger charge is 2.31. The van der Waals surface area contributed by atoms with Crippen molar-refractivity contribution in [1.82, 2.24) is 0 Å². The van der Waals surface area contributed by atoms with Gasteiger partial charge in [-0.3, -0.25) is 0 Å². The van der Waals surface area contributed by atoms with Crippen molar-refractivity contribution in [1.29, 1.82) is 5.26 Å². The number of hydrogen-bond acceptors (Lipinski definition) is 3. The molecule has 0 saturated carbocycles. The van der Waals surface area contributed by atoms with Gasteiger partial charge in [-0.05, 0) is 18.2 Å². The number of alkyl halides is 5. The molecule has 0 unspecified atom stereocenters. The molecule has 110 valence electrons. The summed E-state index contributed by atoms with van der Waals surface area (Å²) >= 11 is 0. The van der Waals surface area contributed by atoms with E-state index in [2.05, 4.69) is 0 Å².